The van der Waals surface area contributed by atoms with Gasteiger partial charge >= 0.3 is 0 Å². The van der Waals surface area contributed by atoms with Gasteiger partial charge in [-0.3, -0.25) is 0 Å². The number of hydrogen-bond donors (Lipinski definition) is 1. The molecule has 1 N–H and O–H groups in total. The molecule has 2 heterocycles. The van der Waals surface area contributed by atoms with Gasteiger partial charge in [0.25, 0.3) is 0 Å². The third kappa shape index (κ3) is 4.09. The Bertz CT molecular complexity index is 784. The molecule has 0 radical (unpaired) electrons. The summed E-state index contributed by atoms with van der Waals surface area (Å²) in [6, 6.07) is 0.410. The van der Waals surface area contributed by atoms with Crippen molar-refractivity contribution >= 4 is 47.8 Å². The molecule has 0 saturated heterocycles. The maximum Gasteiger partial charge on any atom is 0.192 e. The van der Waals surface area contributed by atoms with Crippen molar-refractivity contribution < 1.29 is 4.43 Å². The van der Waals surface area contributed by atoms with E-state index in [0.29, 0.717) is 12.1 Å². The molecule has 1 fully saturated rings. The quantitative estimate of drug-likeness (QED) is 0.470. The fraction of sp³-hybridized carbons (Fsp3) is 0.684. The lowest BCUT2D eigenvalue weighted by atomic mass is 9.93. The average molecular weight is 486 g/mol. The van der Waals surface area contributed by atoms with Gasteiger partial charge in [0.2, 0.25) is 0 Å². The second-order valence-electron chi connectivity index (χ2n) is 9.02. The Hall–Kier alpha value is -0.673. The van der Waals surface area contributed by atoms with Crippen molar-refractivity contribution in [2.45, 2.75) is 76.7 Å². The number of nitrogens with one attached hydrogen (secondary N) is 1. The zero-order valence-corrected chi connectivity index (χ0v) is 19.9. The third-order valence-electron chi connectivity index (χ3n) is 5.94. The largest absolute Gasteiger partial charge is 0.414 e. The van der Waals surface area contributed by atoms with E-state index in [1.54, 1.807) is 6.33 Å². The van der Waals surface area contributed by atoms with Crippen LogP contribution in [0, 0.1) is 3.57 Å². The van der Waals surface area contributed by atoms with Crippen LogP contribution in [0.25, 0.3) is 11.0 Å². The summed E-state index contributed by atoms with van der Waals surface area (Å²) in [4.78, 5) is 8.98. The van der Waals surface area contributed by atoms with Crippen molar-refractivity contribution in [2.75, 3.05) is 5.32 Å². The number of halogens is 1. The lowest BCUT2D eigenvalue weighted by molar-refractivity contribution is 0.132. The Labute approximate surface area is 171 Å². The van der Waals surface area contributed by atoms with E-state index in [-0.39, 0.29) is 5.04 Å². The van der Waals surface area contributed by atoms with Crippen LogP contribution in [0.2, 0.25) is 18.1 Å². The number of anilines is 1. The monoisotopic (exact) mass is 486 g/mol. The Morgan fingerprint density at radius 1 is 1.27 bits per heavy atom. The summed E-state index contributed by atoms with van der Waals surface area (Å²) < 4.78 is 9.94. The molecule has 2 atom stereocenters. The molecular formula is C19H31IN4OSi. The van der Waals surface area contributed by atoms with Crippen LogP contribution in [0.4, 0.5) is 5.82 Å². The standard InChI is InChI=1S/C19H31IN4OSi/c1-19(2,3)26(5,6)25-14-9-7-8-13(10-14)23-17-16-15(20)11-24(4)18(16)22-12-21-17/h11-14H,7-10H2,1-6H3,(H,21,22,23)/t13-,14+/m0/s1. The van der Waals surface area contributed by atoms with Gasteiger partial charge in [0.1, 0.15) is 17.8 Å². The van der Waals surface area contributed by atoms with E-state index in [1.807, 2.05) is 7.05 Å². The van der Waals surface area contributed by atoms with E-state index in [9.17, 15) is 0 Å². The van der Waals surface area contributed by atoms with Crippen LogP contribution < -0.4 is 5.32 Å². The summed E-state index contributed by atoms with van der Waals surface area (Å²) in [6.07, 6.45) is 8.73. The second-order valence-corrected chi connectivity index (χ2v) is 14.9. The molecule has 1 aliphatic carbocycles. The maximum absolute atomic E-state index is 6.69. The van der Waals surface area contributed by atoms with Crippen LogP contribution in [0.1, 0.15) is 46.5 Å². The van der Waals surface area contributed by atoms with Crippen LogP contribution in [-0.2, 0) is 11.5 Å². The molecule has 0 unspecified atom stereocenters. The molecule has 0 bridgehead atoms. The highest BCUT2D eigenvalue weighted by molar-refractivity contribution is 14.1. The third-order valence-corrected chi connectivity index (χ3v) is 11.3. The number of rotatable bonds is 4. The van der Waals surface area contributed by atoms with Crippen LogP contribution in [-0.4, -0.2) is 35.0 Å². The Kier molecular flexibility index (Phi) is 5.70. The summed E-state index contributed by atoms with van der Waals surface area (Å²) in [5.74, 6) is 0.956. The zero-order valence-electron chi connectivity index (χ0n) is 16.8. The lowest BCUT2D eigenvalue weighted by Crippen LogP contribution is -2.46. The molecule has 0 amide bonds. The predicted molar refractivity (Wildman–Crippen MR) is 119 cm³/mol. The summed E-state index contributed by atoms with van der Waals surface area (Å²) >= 11 is 2.37. The van der Waals surface area contributed by atoms with Gasteiger partial charge in [-0.05, 0) is 66.4 Å². The fourth-order valence-corrected chi connectivity index (χ4v) is 5.75. The molecule has 2 aromatic rings. The molecule has 0 aliphatic heterocycles. The zero-order chi connectivity index (χ0) is 19.1. The second kappa shape index (κ2) is 7.39. The van der Waals surface area contributed by atoms with Gasteiger partial charge in [-0.25, -0.2) is 9.97 Å². The molecule has 1 saturated carbocycles. The van der Waals surface area contributed by atoms with E-state index in [2.05, 4.69) is 82.5 Å². The van der Waals surface area contributed by atoms with Crippen LogP contribution >= 0.6 is 22.6 Å². The Morgan fingerprint density at radius 2 is 2.00 bits per heavy atom. The molecule has 0 spiro atoms. The number of nitrogens with zero attached hydrogens (tertiary/aromatic N) is 3. The minimum Gasteiger partial charge on any atom is -0.414 e. The first-order valence-corrected chi connectivity index (χ1v) is 13.5. The minimum atomic E-state index is -1.72. The number of aromatic nitrogens is 3. The molecule has 7 heteroatoms. The smallest absolute Gasteiger partial charge is 0.192 e. The van der Waals surface area contributed by atoms with Crippen molar-refractivity contribution in [3.8, 4) is 0 Å². The average Bonchev–Trinajstić information content (AvgIpc) is 2.82. The van der Waals surface area contributed by atoms with Crippen molar-refractivity contribution in [3.63, 3.8) is 0 Å². The lowest BCUT2D eigenvalue weighted by Gasteiger charge is -2.41. The summed E-state index contributed by atoms with van der Waals surface area (Å²) in [5.41, 5.74) is 0.983. The first-order chi connectivity index (χ1) is 12.1. The summed E-state index contributed by atoms with van der Waals surface area (Å²) in [5, 5.41) is 5.08. The molecule has 5 nitrogen and oxygen atoms in total. The first-order valence-electron chi connectivity index (χ1n) is 9.48. The van der Waals surface area contributed by atoms with Crippen LogP contribution in [0.5, 0.6) is 0 Å². The molecule has 0 aromatic carbocycles. The van der Waals surface area contributed by atoms with Crippen LogP contribution in [0.15, 0.2) is 12.5 Å². The van der Waals surface area contributed by atoms with Gasteiger partial charge in [-0.1, -0.05) is 20.8 Å². The van der Waals surface area contributed by atoms with E-state index in [1.165, 1.54) is 22.8 Å². The van der Waals surface area contributed by atoms with Gasteiger partial charge < -0.3 is 14.3 Å². The van der Waals surface area contributed by atoms with Gasteiger partial charge in [-0.15, -0.1) is 0 Å². The van der Waals surface area contributed by atoms with Gasteiger partial charge in [0.15, 0.2) is 8.32 Å². The molecule has 26 heavy (non-hydrogen) atoms. The number of aryl methyl sites for hydroxylation is 1. The molecule has 3 rings (SSSR count). The highest BCUT2D eigenvalue weighted by Crippen LogP contribution is 2.39. The summed E-state index contributed by atoms with van der Waals surface area (Å²) in [7, 11) is 0.312. The normalized spacial score (nSPS) is 22.0. The molecule has 2 aromatic heterocycles. The van der Waals surface area contributed by atoms with E-state index >= 15 is 0 Å². The van der Waals surface area contributed by atoms with Crippen molar-refractivity contribution in [3.05, 3.63) is 16.1 Å². The highest BCUT2D eigenvalue weighted by atomic mass is 127. The highest BCUT2D eigenvalue weighted by Gasteiger charge is 2.40. The van der Waals surface area contributed by atoms with Gasteiger partial charge in [0, 0.05) is 29.0 Å². The molecule has 1 aliphatic rings. The number of hydrogen-bond acceptors (Lipinski definition) is 4. The fourth-order valence-electron chi connectivity index (χ4n) is 3.44. The first kappa shape index (κ1) is 20.1. The topological polar surface area (TPSA) is 52.0 Å². The van der Waals surface area contributed by atoms with Gasteiger partial charge in [0.05, 0.1) is 5.39 Å². The Balaban J connectivity index is 1.74. The minimum absolute atomic E-state index is 0.256. The van der Waals surface area contributed by atoms with Crippen LogP contribution in [0.3, 0.4) is 0 Å². The van der Waals surface area contributed by atoms with Crippen molar-refractivity contribution in [1.82, 2.24) is 14.5 Å². The SMILES string of the molecule is Cn1cc(I)c2c(N[C@H]3CCC[C@@H](O[Si](C)(C)C(C)(C)C)C3)ncnc21. The maximum atomic E-state index is 6.69. The molecular weight excluding hydrogens is 455 g/mol. The van der Waals surface area contributed by atoms with Gasteiger partial charge in [-0.2, -0.15) is 0 Å². The number of fused-ring (bicyclic) bond motifs is 1. The Morgan fingerprint density at radius 3 is 2.69 bits per heavy atom. The van der Waals surface area contributed by atoms with Crippen molar-refractivity contribution in [1.29, 1.82) is 0 Å². The van der Waals surface area contributed by atoms with E-state index < -0.39 is 8.32 Å². The molecule has 144 valence electrons. The van der Waals surface area contributed by atoms with E-state index in [4.69, 9.17) is 4.43 Å². The summed E-state index contributed by atoms with van der Waals surface area (Å²) in [6.45, 7) is 11.6. The van der Waals surface area contributed by atoms with E-state index in [0.717, 1.165) is 23.3 Å². The van der Waals surface area contributed by atoms with Crippen molar-refractivity contribution in [2.24, 2.45) is 7.05 Å². The predicted octanol–water partition coefficient (Wildman–Crippen LogP) is 5.32.